The Hall–Kier alpha value is -1.31. The second kappa shape index (κ2) is 5.69. The molecule has 0 radical (unpaired) electrons. The van der Waals surface area contributed by atoms with Crippen molar-refractivity contribution in [3.8, 4) is 0 Å². The molecule has 1 rings (SSSR count). The molecule has 0 fully saturated rings. The molecule has 0 aliphatic heterocycles. The largest absolute Gasteiger partial charge is 0.469 e. The fourth-order valence-electron chi connectivity index (χ4n) is 1.66. The Morgan fingerprint density at radius 2 is 2.06 bits per heavy atom. The zero-order valence-corrected chi connectivity index (χ0v) is 10.5. The molecule has 16 heavy (non-hydrogen) atoms. The fraction of sp³-hybridized carbons (Fsp3) is 0.500. The van der Waals surface area contributed by atoms with Gasteiger partial charge in [-0.1, -0.05) is 32.0 Å². The number of aryl methyl sites for hydroxylation is 2. The van der Waals surface area contributed by atoms with Gasteiger partial charge < -0.3 is 4.74 Å². The second-order valence-electron chi connectivity index (χ2n) is 4.42. The average Bonchev–Trinajstić information content (AvgIpc) is 2.27. The number of rotatable bonds is 4. The van der Waals surface area contributed by atoms with E-state index in [1.807, 2.05) is 0 Å². The number of hydrogen-bond acceptors (Lipinski definition) is 2. The van der Waals surface area contributed by atoms with Gasteiger partial charge in [0.2, 0.25) is 0 Å². The molecule has 1 aromatic rings. The molecule has 0 heterocycles. The highest BCUT2D eigenvalue weighted by Crippen LogP contribution is 2.19. The summed E-state index contributed by atoms with van der Waals surface area (Å²) in [7, 11) is 1.43. The van der Waals surface area contributed by atoms with Crippen LogP contribution in [0, 0.1) is 6.92 Å². The maximum atomic E-state index is 11.1. The molecule has 0 N–H and O–H groups in total. The summed E-state index contributed by atoms with van der Waals surface area (Å²) in [6.07, 6.45) is 1.22. The van der Waals surface area contributed by atoms with E-state index in [9.17, 15) is 4.79 Å². The number of ether oxygens (including phenoxy) is 1. The first kappa shape index (κ1) is 12.8. The summed E-state index contributed by atoms with van der Waals surface area (Å²) < 4.78 is 4.65. The molecule has 2 heteroatoms. The van der Waals surface area contributed by atoms with E-state index >= 15 is 0 Å². The van der Waals surface area contributed by atoms with Gasteiger partial charge in [0.05, 0.1) is 7.11 Å². The van der Waals surface area contributed by atoms with Crippen LogP contribution >= 0.6 is 0 Å². The van der Waals surface area contributed by atoms with Gasteiger partial charge in [0.1, 0.15) is 0 Å². The molecular formula is C14H20O2. The Labute approximate surface area is 97.6 Å². The van der Waals surface area contributed by atoms with Crippen LogP contribution in [0.25, 0.3) is 0 Å². The topological polar surface area (TPSA) is 26.3 Å². The fourth-order valence-corrected chi connectivity index (χ4v) is 1.66. The van der Waals surface area contributed by atoms with Crippen molar-refractivity contribution < 1.29 is 9.53 Å². The third-order valence-corrected chi connectivity index (χ3v) is 2.87. The van der Waals surface area contributed by atoms with Crippen LogP contribution in [0.2, 0.25) is 0 Å². The van der Waals surface area contributed by atoms with Crippen LogP contribution in [0.1, 0.15) is 42.9 Å². The van der Waals surface area contributed by atoms with Gasteiger partial charge >= 0.3 is 5.97 Å². The van der Waals surface area contributed by atoms with Crippen LogP contribution in [-0.4, -0.2) is 13.1 Å². The van der Waals surface area contributed by atoms with Crippen LogP contribution in [0.4, 0.5) is 0 Å². The molecule has 0 aromatic heterocycles. The zero-order valence-electron chi connectivity index (χ0n) is 10.5. The number of carbonyl (C=O) groups excluding carboxylic acids is 1. The van der Waals surface area contributed by atoms with Gasteiger partial charge in [0, 0.05) is 6.42 Å². The SMILES string of the molecule is COC(=O)CCc1cc(C(C)C)ccc1C. The van der Waals surface area contributed by atoms with Gasteiger partial charge in [0.25, 0.3) is 0 Å². The molecule has 0 aliphatic carbocycles. The van der Waals surface area contributed by atoms with Crippen molar-refractivity contribution >= 4 is 5.97 Å². The van der Waals surface area contributed by atoms with E-state index in [1.54, 1.807) is 0 Å². The summed E-state index contributed by atoms with van der Waals surface area (Å²) in [5.74, 6) is 0.381. The summed E-state index contributed by atoms with van der Waals surface area (Å²) in [6.45, 7) is 6.43. The number of benzene rings is 1. The molecule has 88 valence electrons. The highest BCUT2D eigenvalue weighted by atomic mass is 16.5. The third-order valence-electron chi connectivity index (χ3n) is 2.87. The number of carbonyl (C=O) groups is 1. The Morgan fingerprint density at radius 3 is 2.62 bits per heavy atom. The molecular weight excluding hydrogens is 200 g/mol. The Bertz CT molecular complexity index is 367. The van der Waals surface area contributed by atoms with Crippen molar-refractivity contribution in [1.82, 2.24) is 0 Å². The van der Waals surface area contributed by atoms with Crippen molar-refractivity contribution in [3.63, 3.8) is 0 Å². The molecule has 0 atom stereocenters. The van der Waals surface area contributed by atoms with E-state index in [0.29, 0.717) is 12.3 Å². The molecule has 0 saturated heterocycles. The molecule has 2 nitrogen and oxygen atoms in total. The maximum Gasteiger partial charge on any atom is 0.305 e. The Balaban J connectivity index is 2.78. The quantitative estimate of drug-likeness (QED) is 0.728. The molecule has 0 bridgehead atoms. The highest BCUT2D eigenvalue weighted by molar-refractivity contribution is 5.69. The monoisotopic (exact) mass is 220 g/mol. The predicted octanol–water partition coefficient (Wildman–Crippen LogP) is 3.22. The van der Waals surface area contributed by atoms with E-state index in [1.165, 1.54) is 23.8 Å². The number of hydrogen-bond donors (Lipinski definition) is 0. The van der Waals surface area contributed by atoms with E-state index < -0.39 is 0 Å². The minimum absolute atomic E-state index is 0.144. The van der Waals surface area contributed by atoms with Gasteiger partial charge in [0.15, 0.2) is 0 Å². The first-order valence-electron chi connectivity index (χ1n) is 5.71. The summed E-state index contributed by atoms with van der Waals surface area (Å²) in [5, 5.41) is 0. The Morgan fingerprint density at radius 1 is 1.38 bits per heavy atom. The van der Waals surface area contributed by atoms with Gasteiger partial charge in [-0.3, -0.25) is 4.79 Å². The van der Waals surface area contributed by atoms with Crippen molar-refractivity contribution in [2.24, 2.45) is 0 Å². The summed E-state index contributed by atoms with van der Waals surface area (Å²) in [6, 6.07) is 6.48. The van der Waals surface area contributed by atoms with Crippen LogP contribution in [0.3, 0.4) is 0 Å². The van der Waals surface area contributed by atoms with Crippen molar-refractivity contribution in [2.45, 2.75) is 39.5 Å². The minimum atomic E-state index is -0.144. The second-order valence-corrected chi connectivity index (χ2v) is 4.42. The molecule has 0 aliphatic rings. The van der Waals surface area contributed by atoms with Crippen molar-refractivity contribution in [3.05, 3.63) is 34.9 Å². The third kappa shape index (κ3) is 3.37. The molecule has 0 spiro atoms. The van der Waals surface area contributed by atoms with Crippen molar-refractivity contribution in [1.29, 1.82) is 0 Å². The first-order chi connectivity index (χ1) is 7.54. The van der Waals surface area contributed by atoms with E-state index in [4.69, 9.17) is 0 Å². The van der Waals surface area contributed by atoms with Gasteiger partial charge in [-0.15, -0.1) is 0 Å². The molecule has 0 saturated carbocycles. The number of esters is 1. The lowest BCUT2D eigenvalue weighted by Crippen LogP contribution is -2.03. The van der Waals surface area contributed by atoms with Gasteiger partial charge in [-0.25, -0.2) is 0 Å². The molecule has 0 amide bonds. The van der Waals surface area contributed by atoms with Crippen LogP contribution in [-0.2, 0) is 16.0 Å². The molecule has 1 aromatic carbocycles. The smallest absolute Gasteiger partial charge is 0.305 e. The van der Waals surface area contributed by atoms with E-state index in [0.717, 1.165) is 6.42 Å². The normalized spacial score (nSPS) is 10.6. The average molecular weight is 220 g/mol. The first-order valence-corrected chi connectivity index (χ1v) is 5.71. The lowest BCUT2D eigenvalue weighted by Gasteiger charge is -2.10. The number of methoxy groups -OCH3 is 1. The van der Waals surface area contributed by atoms with Crippen LogP contribution in [0.5, 0.6) is 0 Å². The van der Waals surface area contributed by atoms with E-state index in [2.05, 4.69) is 43.7 Å². The van der Waals surface area contributed by atoms with Crippen LogP contribution in [0.15, 0.2) is 18.2 Å². The van der Waals surface area contributed by atoms with E-state index in [-0.39, 0.29) is 5.97 Å². The lowest BCUT2D eigenvalue weighted by molar-refractivity contribution is -0.140. The lowest BCUT2D eigenvalue weighted by atomic mass is 9.96. The predicted molar refractivity (Wildman–Crippen MR) is 65.6 cm³/mol. The van der Waals surface area contributed by atoms with Gasteiger partial charge in [-0.05, 0) is 36.0 Å². The molecule has 0 unspecified atom stereocenters. The van der Waals surface area contributed by atoms with Gasteiger partial charge in [-0.2, -0.15) is 0 Å². The minimum Gasteiger partial charge on any atom is -0.469 e. The van der Waals surface area contributed by atoms with Crippen LogP contribution < -0.4 is 0 Å². The standard InChI is InChI=1S/C14H20O2/c1-10(2)12-6-5-11(3)13(9-12)7-8-14(15)16-4/h5-6,9-10H,7-8H2,1-4H3. The summed E-state index contributed by atoms with van der Waals surface area (Å²) in [4.78, 5) is 11.1. The highest BCUT2D eigenvalue weighted by Gasteiger charge is 2.06. The van der Waals surface area contributed by atoms with Crippen molar-refractivity contribution in [2.75, 3.05) is 7.11 Å². The zero-order chi connectivity index (χ0) is 12.1. The Kier molecular flexibility index (Phi) is 4.53. The maximum absolute atomic E-state index is 11.1. The summed E-state index contributed by atoms with van der Waals surface area (Å²) in [5.41, 5.74) is 3.82. The summed E-state index contributed by atoms with van der Waals surface area (Å²) >= 11 is 0.